The van der Waals surface area contributed by atoms with E-state index in [2.05, 4.69) is 30.5 Å². The number of hydrogen-bond acceptors (Lipinski definition) is 7. The molecule has 0 aliphatic heterocycles. The Kier molecular flexibility index (Phi) is 5.35. The first-order valence-corrected chi connectivity index (χ1v) is 11.2. The predicted molar refractivity (Wildman–Crippen MR) is 129 cm³/mol. The lowest BCUT2D eigenvalue weighted by Gasteiger charge is -2.10. The molecule has 5 aromatic rings. The number of hydrazine groups is 1. The van der Waals surface area contributed by atoms with Crippen LogP contribution in [0.25, 0.3) is 33.4 Å². The summed E-state index contributed by atoms with van der Waals surface area (Å²) >= 11 is 0. The number of hydrogen-bond donors (Lipinski definition) is 2. The highest BCUT2D eigenvalue weighted by molar-refractivity contribution is 6.08. The fraction of sp³-hybridized carbons (Fsp3) is 0.240. The topological polar surface area (TPSA) is 128 Å². The highest BCUT2D eigenvalue weighted by atomic mass is 16.5. The molecule has 0 saturated carbocycles. The maximum absolute atomic E-state index is 13.2. The molecule has 0 saturated heterocycles. The molecule has 0 unspecified atom stereocenters. The molecule has 0 aliphatic rings. The van der Waals surface area contributed by atoms with Gasteiger partial charge in [-0.05, 0) is 65.0 Å². The van der Waals surface area contributed by atoms with E-state index in [9.17, 15) is 9.59 Å². The number of carbonyl (C=O) groups is 2. The van der Waals surface area contributed by atoms with Crippen molar-refractivity contribution in [1.29, 1.82) is 0 Å². The van der Waals surface area contributed by atoms with E-state index < -0.39 is 11.8 Å². The number of aromatic nitrogens is 4. The number of benzene rings is 1. The van der Waals surface area contributed by atoms with Gasteiger partial charge >= 0.3 is 0 Å². The fourth-order valence-corrected chi connectivity index (χ4v) is 4.34. The molecule has 0 spiro atoms. The molecule has 178 valence electrons. The van der Waals surface area contributed by atoms with Crippen LogP contribution in [0.4, 0.5) is 0 Å². The SMILES string of the molecule is CCn1c(C)nc2cc(C(=O)NNC(=O)c3cc(-c4cc(C)oc4C)nc4onc(C)c34)ccc21. The van der Waals surface area contributed by atoms with Crippen LogP contribution in [0, 0.1) is 27.7 Å². The Hall–Kier alpha value is -4.47. The lowest BCUT2D eigenvalue weighted by molar-refractivity contribution is 0.0847. The first kappa shape index (κ1) is 22.3. The van der Waals surface area contributed by atoms with Gasteiger partial charge in [0.1, 0.15) is 17.3 Å². The van der Waals surface area contributed by atoms with Crippen molar-refractivity contribution < 1.29 is 18.5 Å². The summed E-state index contributed by atoms with van der Waals surface area (Å²) in [5.41, 5.74) is 9.29. The zero-order valence-electron chi connectivity index (χ0n) is 20.0. The Labute approximate surface area is 200 Å². The van der Waals surface area contributed by atoms with Gasteiger partial charge in [0, 0.05) is 17.7 Å². The first-order chi connectivity index (χ1) is 16.8. The summed E-state index contributed by atoms with van der Waals surface area (Å²) in [5.74, 6) is 1.28. The van der Waals surface area contributed by atoms with Crippen LogP contribution < -0.4 is 10.9 Å². The highest BCUT2D eigenvalue weighted by Crippen LogP contribution is 2.30. The number of rotatable bonds is 4. The van der Waals surface area contributed by atoms with E-state index in [0.717, 1.165) is 34.7 Å². The van der Waals surface area contributed by atoms with Crippen LogP contribution >= 0.6 is 0 Å². The van der Waals surface area contributed by atoms with Crippen LogP contribution in [0.5, 0.6) is 0 Å². The maximum atomic E-state index is 13.2. The molecule has 5 rings (SSSR count). The summed E-state index contributed by atoms with van der Waals surface area (Å²) in [7, 11) is 0. The summed E-state index contributed by atoms with van der Waals surface area (Å²) in [6, 6.07) is 8.73. The normalized spacial score (nSPS) is 11.3. The zero-order valence-corrected chi connectivity index (χ0v) is 20.0. The third-order valence-electron chi connectivity index (χ3n) is 5.99. The number of pyridine rings is 1. The van der Waals surface area contributed by atoms with Gasteiger partial charge in [0.25, 0.3) is 17.5 Å². The van der Waals surface area contributed by atoms with Gasteiger partial charge in [-0.15, -0.1) is 0 Å². The van der Waals surface area contributed by atoms with E-state index >= 15 is 0 Å². The number of fused-ring (bicyclic) bond motifs is 2. The number of furan rings is 1. The molecule has 4 aromatic heterocycles. The molecule has 0 fully saturated rings. The van der Waals surface area contributed by atoms with E-state index in [4.69, 9.17) is 8.94 Å². The van der Waals surface area contributed by atoms with Gasteiger partial charge in [0.2, 0.25) is 0 Å². The Morgan fingerprint density at radius 2 is 1.77 bits per heavy atom. The van der Waals surface area contributed by atoms with Gasteiger partial charge < -0.3 is 13.5 Å². The van der Waals surface area contributed by atoms with Crippen LogP contribution in [-0.2, 0) is 6.54 Å². The van der Waals surface area contributed by atoms with Gasteiger partial charge in [0.05, 0.1) is 33.4 Å². The predicted octanol–water partition coefficient (Wildman–Crippen LogP) is 4.16. The maximum Gasteiger partial charge on any atom is 0.270 e. The molecular weight excluding hydrogens is 448 g/mol. The van der Waals surface area contributed by atoms with Crippen LogP contribution in [0.2, 0.25) is 0 Å². The van der Waals surface area contributed by atoms with Crippen molar-refractivity contribution in [2.24, 2.45) is 0 Å². The molecule has 0 aliphatic carbocycles. The summed E-state index contributed by atoms with van der Waals surface area (Å²) in [4.78, 5) is 35.0. The third-order valence-corrected chi connectivity index (χ3v) is 5.99. The van der Waals surface area contributed by atoms with E-state index in [0.29, 0.717) is 28.1 Å². The van der Waals surface area contributed by atoms with E-state index in [1.165, 1.54) is 0 Å². The minimum absolute atomic E-state index is 0.224. The van der Waals surface area contributed by atoms with Gasteiger partial charge in [-0.25, -0.2) is 9.97 Å². The van der Waals surface area contributed by atoms with Crippen LogP contribution in [-0.4, -0.2) is 31.5 Å². The minimum Gasteiger partial charge on any atom is -0.466 e. The van der Waals surface area contributed by atoms with Crippen molar-refractivity contribution in [3.05, 3.63) is 64.5 Å². The summed E-state index contributed by atoms with van der Waals surface area (Å²) in [6.45, 7) is 10.1. The monoisotopic (exact) mass is 472 g/mol. The van der Waals surface area contributed by atoms with Crippen molar-refractivity contribution in [1.82, 2.24) is 30.5 Å². The smallest absolute Gasteiger partial charge is 0.270 e. The summed E-state index contributed by atoms with van der Waals surface area (Å²) < 4.78 is 13.0. The van der Waals surface area contributed by atoms with Crippen LogP contribution in [0.15, 0.2) is 39.3 Å². The van der Waals surface area contributed by atoms with Gasteiger partial charge in [-0.3, -0.25) is 20.4 Å². The second-order valence-electron chi connectivity index (χ2n) is 8.35. The molecule has 10 heteroatoms. The third kappa shape index (κ3) is 3.82. The van der Waals surface area contributed by atoms with E-state index in [-0.39, 0.29) is 11.3 Å². The second kappa shape index (κ2) is 8.39. The molecule has 4 heterocycles. The van der Waals surface area contributed by atoms with E-state index in [1.54, 1.807) is 25.1 Å². The van der Waals surface area contributed by atoms with Gasteiger partial charge in [0.15, 0.2) is 0 Å². The number of amides is 2. The second-order valence-corrected chi connectivity index (χ2v) is 8.35. The largest absolute Gasteiger partial charge is 0.466 e. The highest BCUT2D eigenvalue weighted by Gasteiger charge is 2.21. The van der Waals surface area contributed by atoms with E-state index in [1.807, 2.05) is 39.8 Å². The fourth-order valence-electron chi connectivity index (χ4n) is 4.34. The number of nitrogens with zero attached hydrogens (tertiary/aromatic N) is 4. The Balaban J connectivity index is 1.42. The lowest BCUT2D eigenvalue weighted by atomic mass is 10.1. The van der Waals surface area contributed by atoms with Crippen molar-refractivity contribution >= 4 is 33.9 Å². The van der Waals surface area contributed by atoms with Crippen molar-refractivity contribution in [2.45, 2.75) is 41.2 Å². The molecule has 0 bridgehead atoms. The van der Waals surface area contributed by atoms with Gasteiger partial charge in [-0.2, -0.15) is 0 Å². The van der Waals surface area contributed by atoms with Crippen LogP contribution in [0.3, 0.4) is 0 Å². The number of imidazole rings is 1. The lowest BCUT2D eigenvalue weighted by Crippen LogP contribution is -2.41. The van der Waals surface area contributed by atoms with Crippen molar-refractivity contribution in [3.63, 3.8) is 0 Å². The average molecular weight is 473 g/mol. The number of carbonyl (C=O) groups excluding carboxylic acids is 2. The first-order valence-electron chi connectivity index (χ1n) is 11.2. The minimum atomic E-state index is -0.525. The zero-order chi connectivity index (χ0) is 24.9. The Morgan fingerprint density at radius 1 is 1.00 bits per heavy atom. The molecule has 2 N–H and O–H groups in total. The molecule has 2 amide bonds. The summed E-state index contributed by atoms with van der Waals surface area (Å²) in [6.07, 6.45) is 0. The quantitative estimate of drug-likeness (QED) is 0.376. The van der Waals surface area contributed by atoms with Crippen molar-refractivity contribution in [2.75, 3.05) is 0 Å². The Morgan fingerprint density at radius 3 is 2.49 bits per heavy atom. The molecule has 0 atom stereocenters. The van der Waals surface area contributed by atoms with Crippen LogP contribution in [0.1, 0.15) is 50.7 Å². The van der Waals surface area contributed by atoms with Crippen molar-refractivity contribution in [3.8, 4) is 11.3 Å². The molecular formula is C25H24N6O4. The standard InChI is InChI=1S/C25H24N6O4/c1-6-31-15(5)26-20-10-16(7-8-21(20)31)23(32)28-29-24(33)18-11-19(17-9-12(2)34-14(17)4)27-25-22(18)13(3)30-35-25/h7-11H,6H2,1-5H3,(H,28,32)(H,29,33). The van der Waals surface area contributed by atoms with Gasteiger partial charge in [-0.1, -0.05) is 5.16 Å². The molecule has 1 aromatic carbocycles. The number of nitrogens with one attached hydrogen (secondary N) is 2. The number of aryl methyl sites for hydroxylation is 5. The molecule has 0 radical (unpaired) electrons. The average Bonchev–Trinajstić information content (AvgIpc) is 3.49. The summed E-state index contributed by atoms with van der Waals surface area (Å²) in [5, 5.41) is 4.42. The molecule has 35 heavy (non-hydrogen) atoms. The Bertz CT molecular complexity index is 1620. The molecule has 10 nitrogen and oxygen atoms in total.